The van der Waals surface area contributed by atoms with E-state index in [4.69, 9.17) is 18.3 Å². The zero-order chi connectivity index (χ0) is 11.1. The quantitative estimate of drug-likeness (QED) is 0.538. The van der Waals surface area contributed by atoms with Gasteiger partial charge in [0, 0.05) is 11.0 Å². The summed E-state index contributed by atoms with van der Waals surface area (Å²) in [4.78, 5) is 11.1. The molecule has 2 fully saturated rings. The molecule has 2 aliphatic heterocycles. The Kier molecular flexibility index (Phi) is 1.31. The molecule has 0 aromatic carbocycles. The second-order valence-corrected chi connectivity index (χ2v) is 2.97. The number of rotatable bonds is 1. The Balaban J connectivity index is 1.93. The topological polar surface area (TPSA) is 44.8 Å². The van der Waals surface area contributed by atoms with Crippen molar-refractivity contribution in [3.05, 3.63) is 0 Å². The van der Waals surface area contributed by atoms with Gasteiger partial charge in [-0.15, -0.1) is 0 Å². The average molecular weight is 175 g/mol. The van der Waals surface area contributed by atoms with Crippen molar-refractivity contribution in [2.24, 2.45) is 5.92 Å². The minimum Gasteiger partial charge on any atom is -0.460 e. The first-order valence-corrected chi connectivity index (χ1v) is 3.93. The summed E-state index contributed by atoms with van der Waals surface area (Å²) in [6, 6.07) is 0. The van der Waals surface area contributed by atoms with Gasteiger partial charge in [0.05, 0.1) is 19.1 Å². The van der Waals surface area contributed by atoms with Gasteiger partial charge in [0.1, 0.15) is 6.10 Å². The number of esters is 1. The SMILES string of the molecule is [2H]C([2H])([2H])C(=O)OC1COC2OCCC12. The Hall–Kier alpha value is -0.610. The van der Waals surface area contributed by atoms with E-state index >= 15 is 0 Å². The molecule has 0 N–H and O–H groups in total. The van der Waals surface area contributed by atoms with E-state index in [1.165, 1.54) is 0 Å². The highest BCUT2D eigenvalue weighted by atomic mass is 16.7. The number of ether oxygens (including phenoxy) is 3. The molecule has 2 rings (SSSR count). The molecule has 0 aliphatic carbocycles. The van der Waals surface area contributed by atoms with E-state index in [2.05, 4.69) is 0 Å². The Morgan fingerprint density at radius 1 is 1.67 bits per heavy atom. The van der Waals surface area contributed by atoms with Crippen LogP contribution < -0.4 is 0 Å². The van der Waals surface area contributed by atoms with E-state index in [0.29, 0.717) is 6.61 Å². The van der Waals surface area contributed by atoms with Crippen LogP contribution in [-0.2, 0) is 19.0 Å². The van der Waals surface area contributed by atoms with Crippen molar-refractivity contribution in [1.29, 1.82) is 0 Å². The summed E-state index contributed by atoms with van der Waals surface area (Å²) >= 11 is 0. The molecule has 0 saturated carbocycles. The van der Waals surface area contributed by atoms with Crippen molar-refractivity contribution in [3.63, 3.8) is 0 Å². The third-order valence-electron chi connectivity index (χ3n) is 2.24. The van der Waals surface area contributed by atoms with E-state index < -0.39 is 18.9 Å². The van der Waals surface area contributed by atoms with Gasteiger partial charge in [0.15, 0.2) is 6.29 Å². The first-order valence-electron chi connectivity index (χ1n) is 5.43. The minimum atomic E-state index is -2.70. The first kappa shape index (κ1) is 5.19. The van der Waals surface area contributed by atoms with E-state index in [1.807, 2.05) is 0 Å². The molecule has 0 bridgehead atoms. The second kappa shape index (κ2) is 3.03. The van der Waals surface area contributed by atoms with E-state index in [9.17, 15) is 4.79 Å². The molecule has 0 radical (unpaired) electrons. The molecule has 2 heterocycles. The van der Waals surface area contributed by atoms with Crippen LogP contribution in [-0.4, -0.2) is 31.6 Å². The van der Waals surface area contributed by atoms with Gasteiger partial charge in [-0.2, -0.15) is 0 Å². The molecular formula is C8H12O4. The Morgan fingerprint density at radius 3 is 3.42 bits per heavy atom. The number of hydrogen-bond acceptors (Lipinski definition) is 4. The van der Waals surface area contributed by atoms with Crippen LogP contribution in [0, 0.1) is 5.92 Å². The maximum absolute atomic E-state index is 11.1. The summed E-state index contributed by atoms with van der Waals surface area (Å²) in [5, 5.41) is 0. The van der Waals surface area contributed by atoms with Crippen LogP contribution in [0.3, 0.4) is 0 Å². The fourth-order valence-corrected chi connectivity index (χ4v) is 1.68. The van der Waals surface area contributed by atoms with Gasteiger partial charge in [0.25, 0.3) is 0 Å². The van der Waals surface area contributed by atoms with Gasteiger partial charge in [0.2, 0.25) is 0 Å². The highest BCUT2D eigenvalue weighted by molar-refractivity contribution is 5.66. The van der Waals surface area contributed by atoms with Crippen LogP contribution >= 0.6 is 0 Å². The fraction of sp³-hybridized carbons (Fsp3) is 0.875. The van der Waals surface area contributed by atoms with Crippen LogP contribution in [0.4, 0.5) is 0 Å². The molecule has 0 amide bonds. The standard InChI is InChI=1S/C8H12O4/c1-5(9)12-7-4-11-8-6(7)2-3-10-8/h6-8H,2-4H2,1H3/i1D3. The third kappa shape index (κ3) is 1.32. The summed E-state index contributed by atoms with van der Waals surface area (Å²) in [5.41, 5.74) is 0. The Labute approximate surface area is 75.0 Å². The highest BCUT2D eigenvalue weighted by Gasteiger charge is 2.43. The van der Waals surface area contributed by atoms with E-state index in [-0.39, 0.29) is 18.8 Å². The van der Waals surface area contributed by atoms with Gasteiger partial charge in [-0.3, -0.25) is 4.79 Å². The summed E-state index contributed by atoms with van der Waals surface area (Å²) in [6.45, 7) is -1.91. The maximum atomic E-state index is 11.1. The summed E-state index contributed by atoms with van der Waals surface area (Å²) in [6.07, 6.45) is -0.0753. The van der Waals surface area contributed by atoms with Crippen molar-refractivity contribution in [2.45, 2.75) is 25.7 Å². The first-order chi connectivity index (χ1) is 6.98. The summed E-state index contributed by atoms with van der Waals surface area (Å²) in [5.74, 6) is -1.18. The van der Waals surface area contributed by atoms with Crippen LogP contribution in [0.2, 0.25) is 0 Å². The molecule has 0 aromatic rings. The number of carbonyl (C=O) groups excluding carboxylic acids is 1. The predicted molar refractivity (Wildman–Crippen MR) is 39.4 cm³/mol. The van der Waals surface area contributed by atoms with Crippen molar-refractivity contribution < 1.29 is 23.1 Å². The van der Waals surface area contributed by atoms with Crippen molar-refractivity contribution in [1.82, 2.24) is 0 Å². The zero-order valence-electron chi connectivity index (χ0n) is 9.49. The van der Waals surface area contributed by atoms with Gasteiger partial charge < -0.3 is 14.2 Å². The maximum Gasteiger partial charge on any atom is 0.302 e. The molecule has 4 nitrogen and oxygen atoms in total. The fourth-order valence-electron chi connectivity index (χ4n) is 1.68. The van der Waals surface area contributed by atoms with Crippen molar-refractivity contribution in [2.75, 3.05) is 13.2 Å². The Bertz CT molecular complexity index is 265. The highest BCUT2D eigenvalue weighted by Crippen LogP contribution is 2.32. The number of hydrogen-bond donors (Lipinski definition) is 0. The average Bonchev–Trinajstić information content (AvgIpc) is 2.67. The van der Waals surface area contributed by atoms with Crippen molar-refractivity contribution in [3.8, 4) is 0 Å². The van der Waals surface area contributed by atoms with E-state index in [0.717, 1.165) is 6.42 Å². The predicted octanol–water partition coefficient (Wildman–Crippen LogP) is 0.311. The molecule has 2 saturated heterocycles. The van der Waals surface area contributed by atoms with Gasteiger partial charge in [-0.1, -0.05) is 0 Å². The molecule has 3 unspecified atom stereocenters. The third-order valence-corrected chi connectivity index (χ3v) is 2.24. The normalized spacial score (nSPS) is 44.3. The van der Waals surface area contributed by atoms with Crippen LogP contribution in [0.1, 0.15) is 17.4 Å². The van der Waals surface area contributed by atoms with Crippen molar-refractivity contribution >= 4 is 5.97 Å². The van der Waals surface area contributed by atoms with E-state index in [1.54, 1.807) is 0 Å². The zero-order valence-corrected chi connectivity index (χ0v) is 6.49. The van der Waals surface area contributed by atoms with Crippen LogP contribution in [0.5, 0.6) is 0 Å². The second-order valence-electron chi connectivity index (χ2n) is 2.97. The van der Waals surface area contributed by atoms with Gasteiger partial charge in [-0.05, 0) is 6.42 Å². The van der Waals surface area contributed by atoms with Gasteiger partial charge >= 0.3 is 5.97 Å². The number of fused-ring (bicyclic) bond motifs is 1. The molecule has 3 atom stereocenters. The van der Waals surface area contributed by atoms with Crippen LogP contribution in [0.25, 0.3) is 0 Å². The molecule has 4 heteroatoms. The lowest BCUT2D eigenvalue weighted by Crippen LogP contribution is -2.25. The lowest BCUT2D eigenvalue weighted by Gasteiger charge is -2.13. The monoisotopic (exact) mass is 175 g/mol. The molecular weight excluding hydrogens is 160 g/mol. The molecule has 68 valence electrons. The number of carbonyl (C=O) groups is 1. The molecule has 2 aliphatic rings. The smallest absolute Gasteiger partial charge is 0.302 e. The Morgan fingerprint density at radius 2 is 2.58 bits per heavy atom. The summed E-state index contributed by atoms with van der Waals surface area (Å²) < 4.78 is 36.0. The van der Waals surface area contributed by atoms with Crippen LogP contribution in [0.15, 0.2) is 0 Å². The molecule has 0 aromatic heterocycles. The lowest BCUT2D eigenvalue weighted by atomic mass is 10.0. The minimum absolute atomic E-state index is 0.0173. The largest absolute Gasteiger partial charge is 0.460 e. The lowest BCUT2D eigenvalue weighted by molar-refractivity contribution is -0.147. The van der Waals surface area contributed by atoms with Gasteiger partial charge in [-0.25, -0.2) is 0 Å². The molecule has 0 spiro atoms. The molecule has 12 heavy (non-hydrogen) atoms. The summed E-state index contributed by atoms with van der Waals surface area (Å²) in [7, 11) is 0.